The van der Waals surface area contributed by atoms with Gasteiger partial charge in [0.2, 0.25) is 0 Å². The van der Waals surface area contributed by atoms with Gasteiger partial charge in [0.05, 0.1) is 18.2 Å². The number of rotatable bonds is 7. The first-order valence-electron chi connectivity index (χ1n) is 19.3. The molecule has 51 heavy (non-hydrogen) atoms. The standard InChI is InChI=1S/C43H58F2N2O4/c1-26(2)46-40(50)47(24-30-11-13-31-23-36(30)41(31,4)5)25-43(51)19-17-35-33-15-10-28(20-32(48)14-9-27(3)8-7-18-42(35,43)6)21-34(33)39(49)29-12-16-37(44)38(45)22-29/h8,10,12,15-16,21-22,26,30-32,35-36,48,51H,7,9,11,13-14,17-20,23-25H2,1-6H3,(H,46,50). The number of hydrogen-bond donors (Lipinski definition) is 3. The third-order valence-electron chi connectivity index (χ3n) is 13.7. The number of benzene rings is 2. The van der Waals surface area contributed by atoms with Gasteiger partial charge in [0.1, 0.15) is 0 Å². The molecule has 4 saturated carbocycles. The molecule has 6 aliphatic carbocycles. The first kappa shape index (κ1) is 37.7. The Hall–Kier alpha value is -3.10. The molecular weight excluding hydrogens is 646 g/mol. The topological polar surface area (TPSA) is 89.9 Å². The molecule has 2 aromatic rings. The Bertz CT molecular complexity index is 1670. The molecule has 4 bridgehead atoms. The number of nitrogens with zero attached hydrogens (tertiary/aromatic N) is 1. The van der Waals surface area contributed by atoms with Crippen LogP contribution in [0.3, 0.4) is 0 Å². The molecule has 0 spiro atoms. The van der Waals surface area contributed by atoms with Crippen LogP contribution in [0.2, 0.25) is 0 Å². The van der Waals surface area contributed by atoms with Crippen LogP contribution in [0, 0.1) is 40.2 Å². The number of fused-ring (bicyclic) bond motifs is 10. The lowest BCUT2D eigenvalue weighted by Crippen LogP contribution is -2.59. The first-order chi connectivity index (χ1) is 24.0. The number of ketones is 1. The van der Waals surface area contributed by atoms with Crippen molar-refractivity contribution in [3.8, 4) is 0 Å². The Morgan fingerprint density at radius 2 is 1.76 bits per heavy atom. The minimum absolute atomic E-state index is 0.0488. The van der Waals surface area contributed by atoms with Gasteiger partial charge >= 0.3 is 6.03 Å². The molecule has 0 saturated heterocycles. The predicted octanol–water partition coefficient (Wildman–Crippen LogP) is 8.73. The summed E-state index contributed by atoms with van der Waals surface area (Å²) in [7, 11) is 0. The Morgan fingerprint density at radius 1 is 1.00 bits per heavy atom. The molecule has 0 radical (unpaired) electrons. The maximum atomic E-state index is 14.4. The van der Waals surface area contributed by atoms with Crippen molar-refractivity contribution in [3.05, 3.63) is 81.9 Å². The van der Waals surface area contributed by atoms with Gasteiger partial charge in [-0.2, -0.15) is 0 Å². The van der Waals surface area contributed by atoms with Crippen LogP contribution in [0.5, 0.6) is 0 Å². The van der Waals surface area contributed by atoms with E-state index < -0.39 is 34.5 Å². The van der Waals surface area contributed by atoms with Gasteiger partial charge in [0.15, 0.2) is 17.4 Å². The summed E-state index contributed by atoms with van der Waals surface area (Å²) in [4.78, 5) is 30.1. The summed E-state index contributed by atoms with van der Waals surface area (Å²) in [6, 6.07) is 8.71. The highest BCUT2D eigenvalue weighted by molar-refractivity contribution is 6.10. The number of aliphatic hydroxyl groups excluding tert-OH is 1. The van der Waals surface area contributed by atoms with Gasteiger partial charge in [-0.3, -0.25) is 4.79 Å². The second kappa shape index (κ2) is 14.4. The maximum Gasteiger partial charge on any atom is 0.317 e. The zero-order valence-corrected chi connectivity index (χ0v) is 31.4. The number of aliphatic hydroxyl groups is 2. The summed E-state index contributed by atoms with van der Waals surface area (Å²) in [6.45, 7) is 13.6. The lowest BCUT2D eigenvalue weighted by Gasteiger charge is -2.60. The third-order valence-corrected chi connectivity index (χ3v) is 13.7. The lowest BCUT2D eigenvalue weighted by molar-refractivity contribution is -0.117. The van der Waals surface area contributed by atoms with Gasteiger partial charge < -0.3 is 20.4 Å². The highest BCUT2D eigenvalue weighted by Gasteiger charge is 2.59. The van der Waals surface area contributed by atoms with E-state index in [1.54, 1.807) is 6.07 Å². The molecule has 7 unspecified atom stereocenters. The van der Waals surface area contributed by atoms with Crippen LogP contribution in [0.15, 0.2) is 48.0 Å². The van der Waals surface area contributed by atoms with Gasteiger partial charge in [0.25, 0.3) is 0 Å². The molecule has 2 aromatic carbocycles. The Labute approximate surface area is 303 Å². The molecule has 6 aliphatic rings. The molecule has 4 fully saturated rings. The summed E-state index contributed by atoms with van der Waals surface area (Å²) in [5, 5.41) is 27.1. The van der Waals surface area contributed by atoms with Gasteiger partial charge in [-0.25, -0.2) is 13.6 Å². The average molecular weight is 705 g/mol. The molecule has 0 aliphatic heterocycles. The largest absolute Gasteiger partial charge is 0.393 e. The van der Waals surface area contributed by atoms with Crippen molar-refractivity contribution in [2.45, 2.75) is 129 Å². The van der Waals surface area contributed by atoms with E-state index in [0.29, 0.717) is 62.5 Å². The molecule has 3 N–H and O–H groups in total. The zero-order chi connectivity index (χ0) is 36.9. The average Bonchev–Trinajstić information content (AvgIpc) is 3.32. The summed E-state index contributed by atoms with van der Waals surface area (Å²) in [5.74, 6) is -1.11. The number of allylic oxidation sites excluding steroid dienone is 2. The molecule has 278 valence electrons. The van der Waals surface area contributed by atoms with Crippen LogP contribution < -0.4 is 5.32 Å². The summed E-state index contributed by atoms with van der Waals surface area (Å²) in [6.07, 6.45) is 9.08. The fourth-order valence-corrected chi connectivity index (χ4v) is 10.3. The van der Waals surface area contributed by atoms with Crippen LogP contribution >= 0.6 is 0 Å². The highest BCUT2D eigenvalue weighted by Crippen LogP contribution is 2.62. The molecule has 7 atom stereocenters. The van der Waals surface area contributed by atoms with Crippen LogP contribution in [0.1, 0.15) is 132 Å². The van der Waals surface area contributed by atoms with Crippen LogP contribution in [0.4, 0.5) is 13.6 Å². The number of nitrogens with one attached hydrogen (secondary N) is 1. The molecule has 2 amide bonds. The Kier molecular flexibility index (Phi) is 10.6. The van der Waals surface area contributed by atoms with Gasteiger partial charge in [-0.05, 0) is 149 Å². The predicted molar refractivity (Wildman–Crippen MR) is 197 cm³/mol. The normalized spacial score (nSPS) is 31.7. The third kappa shape index (κ3) is 7.29. The lowest BCUT2D eigenvalue weighted by atomic mass is 9.45. The monoisotopic (exact) mass is 704 g/mol. The molecule has 6 nitrogen and oxygen atoms in total. The summed E-state index contributed by atoms with van der Waals surface area (Å²) < 4.78 is 28.4. The number of hydrogen-bond acceptors (Lipinski definition) is 4. The van der Waals surface area contributed by atoms with Crippen LogP contribution in [-0.2, 0) is 6.42 Å². The zero-order valence-electron chi connectivity index (χ0n) is 31.4. The summed E-state index contributed by atoms with van der Waals surface area (Å²) in [5.41, 5.74) is 1.44. The number of urea groups is 1. The molecule has 0 aromatic heterocycles. The van der Waals surface area contributed by atoms with Crippen molar-refractivity contribution in [2.24, 2.45) is 28.6 Å². The number of halogens is 2. The van der Waals surface area contributed by atoms with Crippen molar-refractivity contribution < 1.29 is 28.6 Å². The van der Waals surface area contributed by atoms with E-state index in [4.69, 9.17) is 0 Å². The SMILES string of the molecule is CC1=CCCC2(C)C(CCC2(O)CN(CC2CCC3CC2C3(C)C)C(=O)NC(C)C)c2ccc(cc2C(=O)c2ccc(F)c(F)c2)CC(O)CC1. The maximum absolute atomic E-state index is 14.4. The first-order valence-corrected chi connectivity index (χ1v) is 19.3. The van der Waals surface area contributed by atoms with Crippen LogP contribution in [0.25, 0.3) is 0 Å². The second-order valence-corrected chi connectivity index (χ2v) is 17.6. The van der Waals surface area contributed by atoms with Gasteiger partial charge in [0, 0.05) is 29.1 Å². The van der Waals surface area contributed by atoms with E-state index in [-0.39, 0.29) is 35.5 Å². The minimum Gasteiger partial charge on any atom is -0.393 e. The smallest absolute Gasteiger partial charge is 0.317 e. The second-order valence-electron chi connectivity index (χ2n) is 17.6. The van der Waals surface area contributed by atoms with Crippen molar-refractivity contribution in [3.63, 3.8) is 0 Å². The van der Waals surface area contributed by atoms with E-state index in [0.717, 1.165) is 42.0 Å². The van der Waals surface area contributed by atoms with Crippen molar-refractivity contribution in [2.75, 3.05) is 13.1 Å². The molecule has 0 heterocycles. The minimum atomic E-state index is -1.26. The molecule has 8 heteroatoms. The van der Waals surface area contributed by atoms with E-state index >= 15 is 0 Å². The van der Waals surface area contributed by atoms with Crippen molar-refractivity contribution in [1.82, 2.24) is 10.2 Å². The van der Waals surface area contributed by atoms with E-state index in [2.05, 4.69) is 39.1 Å². The fraction of sp³-hybridized carbons (Fsp3) is 0.628. The van der Waals surface area contributed by atoms with E-state index in [9.17, 15) is 28.6 Å². The number of carbonyl (C=O) groups excluding carboxylic acids is 2. The van der Waals surface area contributed by atoms with Gasteiger partial charge in [-0.15, -0.1) is 0 Å². The quantitative estimate of drug-likeness (QED) is 0.199. The highest BCUT2D eigenvalue weighted by atomic mass is 19.2. The fourth-order valence-electron chi connectivity index (χ4n) is 10.3. The van der Waals surface area contributed by atoms with E-state index in [1.807, 2.05) is 30.9 Å². The Balaban J connectivity index is 1.40. The molecule has 8 rings (SSSR count). The van der Waals surface area contributed by atoms with Crippen molar-refractivity contribution in [1.29, 1.82) is 0 Å². The number of carbonyl (C=O) groups is 2. The van der Waals surface area contributed by atoms with Gasteiger partial charge in [-0.1, -0.05) is 44.6 Å². The molecular formula is C43H58F2N2O4. The number of amides is 2. The van der Waals surface area contributed by atoms with E-state index in [1.165, 1.54) is 24.5 Å². The Morgan fingerprint density at radius 3 is 2.45 bits per heavy atom. The summed E-state index contributed by atoms with van der Waals surface area (Å²) >= 11 is 0. The van der Waals surface area contributed by atoms with Crippen molar-refractivity contribution >= 4 is 11.8 Å². The van der Waals surface area contributed by atoms with Crippen LogP contribution in [-0.4, -0.2) is 57.8 Å².